The minimum Gasteiger partial charge on any atom is -0.347 e. The van der Waals surface area contributed by atoms with Crippen LogP contribution in [0.5, 0.6) is 0 Å². The average molecular weight is 207 g/mol. The summed E-state index contributed by atoms with van der Waals surface area (Å²) in [5, 5.41) is 0. The monoisotopic (exact) mass is 207 g/mol. The SMILES string of the molecule is CC1CN(C(=O)c2cccn2C)CC1N. The summed E-state index contributed by atoms with van der Waals surface area (Å²) >= 11 is 0. The fraction of sp³-hybridized carbons (Fsp3) is 0.545. The van der Waals surface area contributed by atoms with Gasteiger partial charge in [0.2, 0.25) is 0 Å². The number of nitrogens with zero attached hydrogens (tertiary/aromatic N) is 2. The van der Waals surface area contributed by atoms with Crippen LogP contribution in [0.1, 0.15) is 17.4 Å². The number of aromatic nitrogens is 1. The van der Waals surface area contributed by atoms with Gasteiger partial charge in [-0.3, -0.25) is 4.79 Å². The highest BCUT2D eigenvalue weighted by molar-refractivity contribution is 5.93. The molecule has 2 atom stereocenters. The van der Waals surface area contributed by atoms with Crippen molar-refractivity contribution in [2.24, 2.45) is 18.7 Å². The predicted molar refractivity (Wildman–Crippen MR) is 58.5 cm³/mol. The third kappa shape index (κ3) is 1.77. The molecule has 1 fully saturated rings. The van der Waals surface area contributed by atoms with E-state index in [9.17, 15) is 4.79 Å². The molecule has 2 N–H and O–H groups in total. The number of rotatable bonds is 1. The number of carbonyl (C=O) groups is 1. The lowest BCUT2D eigenvalue weighted by Gasteiger charge is -2.16. The second kappa shape index (κ2) is 3.70. The van der Waals surface area contributed by atoms with Gasteiger partial charge in [-0.05, 0) is 18.1 Å². The molecular formula is C11H17N3O. The summed E-state index contributed by atoms with van der Waals surface area (Å²) in [6, 6.07) is 3.85. The van der Waals surface area contributed by atoms with Crippen molar-refractivity contribution in [3.05, 3.63) is 24.0 Å². The Bertz CT molecular complexity index is 362. The summed E-state index contributed by atoms with van der Waals surface area (Å²) in [5.74, 6) is 0.483. The average Bonchev–Trinajstić information content (AvgIpc) is 2.74. The van der Waals surface area contributed by atoms with E-state index in [1.54, 1.807) is 0 Å². The topological polar surface area (TPSA) is 51.3 Å². The van der Waals surface area contributed by atoms with Crippen LogP contribution in [-0.2, 0) is 7.05 Å². The Morgan fingerprint density at radius 3 is 2.73 bits per heavy atom. The van der Waals surface area contributed by atoms with Crippen LogP contribution in [0.15, 0.2) is 18.3 Å². The first-order valence-electron chi connectivity index (χ1n) is 5.26. The Labute approximate surface area is 89.7 Å². The minimum atomic E-state index is 0.0855. The molecule has 1 aliphatic heterocycles. The van der Waals surface area contributed by atoms with Gasteiger partial charge in [0.25, 0.3) is 5.91 Å². The standard InChI is InChI=1S/C11H17N3O/c1-8-6-14(7-9(8)12)11(15)10-4-3-5-13(10)2/h3-5,8-9H,6-7,12H2,1-2H3. The van der Waals surface area contributed by atoms with E-state index in [0.29, 0.717) is 12.5 Å². The minimum absolute atomic E-state index is 0.0855. The highest BCUT2D eigenvalue weighted by Crippen LogP contribution is 2.17. The van der Waals surface area contributed by atoms with Crippen LogP contribution >= 0.6 is 0 Å². The van der Waals surface area contributed by atoms with E-state index in [4.69, 9.17) is 5.73 Å². The van der Waals surface area contributed by atoms with Gasteiger partial charge >= 0.3 is 0 Å². The fourth-order valence-electron chi connectivity index (χ4n) is 2.00. The lowest BCUT2D eigenvalue weighted by atomic mass is 10.1. The maximum Gasteiger partial charge on any atom is 0.270 e. The Balaban J connectivity index is 2.13. The van der Waals surface area contributed by atoms with Crippen LogP contribution in [0.2, 0.25) is 0 Å². The van der Waals surface area contributed by atoms with Crippen molar-refractivity contribution >= 4 is 5.91 Å². The van der Waals surface area contributed by atoms with Gasteiger partial charge in [0.05, 0.1) is 0 Å². The maximum atomic E-state index is 12.1. The molecular weight excluding hydrogens is 190 g/mol. The molecule has 4 heteroatoms. The second-order valence-electron chi connectivity index (χ2n) is 4.36. The van der Waals surface area contributed by atoms with Crippen molar-refractivity contribution in [3.8, 4) is 0 Å². The number of hydrogen-bond acceptors (Lipinski definition) is 2. The number of likely N-dealkylation sites (tertiary alicyclic amines) is 1. The van der Waals surface area contributed by atoms with Gasteiger partial charge < -0.3 is 15.2 Å². The molecule has 1 amide bonds. The lowest BCUT2D eigenvalue weighted by molar-refractivity contribution is 0.0777. The molecule has 0 aromatic carbocycles. The van der Waals surface area contributed by atoms with Crippen LogP contribution in [0, 0.1) is 5.92 Å². The third-order valence-electron chi connectivity index (χ3n) is 3.12. The van der Waals surface area contributed by atoms with Crippen molar-refractivity contribution < 1.29 is 4.79 Å². The first-order chi connectivity index (χ1) is 7.09. The number of aryl methyl sites for hydroxylation is 1. The molecule has 0 bridgehead atoms. The first-order valence-corrected chi connectivity index (χ1v) is 5.26. The zero-order valence-electron chi connectivity index (χ0n) is 9.18. The van der Waals surface area contributed by atoms with E-state index in [1.807, 2.05) is 34.8 Å². The molecule has 1 saturated heterocycles. The summed E-state index contributed by atoms with van der Waals surface area (Å²) in [6.45, 7) is 3.53. The van der Waals surface area contributed by atoms with Gasteiger partial charge in [-0.1, -0.05) is 6.92 Å². The van der Waals surface area contributed by atoms with Crippen molar-refractivity contribution in [2.45, 2.75) is 13.0 Å². The molecule has 0 saturated carbocycles. The van der Waals surface area contributed by atoms with E-state index in [0.717, 1.165) is 12.2 Å². The molecule has 4 nitrogen and oxygen atoms in total. The van der Waals surface area contributed by atoms with Crippen molar-refractivity contribution in [1.29, 1.82) is 0 Å². The number of carbonyl (C=O) groups excluding carboxylic acids is 1. The Morgan fingerprint density at radius 2 is 2.27 bits per heavy atom. The van der Waals surface area contributed by atoms with E-state index in [1.165, 1.54) is 0 Å². The fourth-order valence-corrected chi connectivity index (χ4v) is 2.00. The maximum absolute atomic E-state index is 12.1. The van der Waals surface area contributed by atoms with Crippen LogP contribution < -0.4 is 5.73 Å². The van der Waals surface area contributed by atoms with Gasteiger partial charge in [-0.25, -0.2) is 0 Å². The molecule has 2 heterocycles. The highest BCUT2D eigenvalue weighted by Gasteiger charge is 2.30. The quantitative estimate of drug-likeness (QED) is 0.726. The Hall–Kier alpha value is -1.29. The van der Waals surface area contributed by atoms with Gasteiger partial charge in [-0.2, -0.15) is 0 Å². The third-order valence-corrected chi connectivity index (χ3v) is 3.12. The molecule has 1 aromatic heterocycles. The molecule has 1 aromatic rings. The first kappa shape index (κ1) is 10.2. The smallest absolute Gasteiger partial charge is 0.270 e. The van der Waals surface area contributed by atoms with Gasteiger partial charge in [0.15, 0.2) is 0 Å². The van der Waals surface area contributed by atoms with E-state index in [-0.39, 0.29) is 11.9 Å². The molecule has 1 aliphatic rings. The van der Waals surface area contributed by atoms with Crippen molar-refractivity contribution in [1.82, 2.24) is 9.47 Å². The van der Waals surface area contributed by atoms with Crippen molar-refractivity contribution in [2.75, 3.05) is 13.1 Å². The molecule has 0 radical (unpaired) electrons. The van der Waals surface area contributed by atoms with Crippen LogP contribution in [-0.4, -0.2) is 34.5 Å². The summed E-state index contributed by atoms with van der Waals surface area (Å²) in [7, 11) is 1.88. The second-order valence-corrected chi connectivity index (χ2v) is 4.36. The number of nitrogens with two attached hydrogens (primary N) is 1. The van der Waals surface area contributed by atoms with Gasteiger partial charge in [0.1, 0.15) is 5.69 Å². The van der Waals surface area contributed by atoms with Crippen LogP contribution in [0.4, 0.5) is 0 Å². The Morgan fingerprint density at radius 1 is 1.53 bits per heavy atom. The summed E-state index contributed by atoms with van der Waals surface area (Å²) in [4.78, 5) is 13.9. The zero-order chi connectivity index (χ0) is 11.0. The highest BCUT2D eigenvalue weighted by atomic mass is 16.2. The van der Waals surface area contributed by atoms with E-state index < -0.39 is 0 Å². The van der Waals surface area contributed by atoms with Gasteiger partial charge in [0, 0.05) is 32.4 Å². The zero-order valence-corrected chi connectivity index (χ0v) is 9.18. The lowest BCUT2D eigenvalue weighted by Crippen LogP contribution is -2.33. The molecule has 2 unspecified atom stereocenters. The number of hydrogen-bond donors (Lipinski definition) is 1. The molecule has 2 rings (SSSR count). The van der Waals surface area contributed by atoms with Crippen LogP contribution in [0.25, 0.3) is 0 Å². The number of amides is 1. The van der Waals surface area contributed by atoms with Crippen LogP contribution in [0.3, 0.4) is 0 Å². The van der Waals surface area contributed by atoms with Gasteiger partial charge in [-0.15, -0.1) is 0 Å². The van der Waals surface area contributed by atoms with E-state index in [2.05, 4.69) is 6.92 Å². The normalized spacial score (nSPS) is 25.9. The van der Waals surface area contributed by atoms with Crippen molar-refractivity contribution in [3.63, 3.8) is 0 Å². The predicted octanol–water partition coefficient (Wildman–Crippen LogP) is 0.444. The largest absolute Gasteiger partial charge is 0.347 e. The van der Waals surface area contributed by atoms with E-state index >= 15 is 0 Å². The Kier molecular flexibility index (Phi) is 2.52. The summed E-state index contributed by atoms with van der Waals surface area (Å²) in [6.07, 6.45) is 1.88. The molecule has 82 valence electrons. The molecule has 15 heavy (non-hydrogen) atoms. The molecule has 0 aliphatic carbocycles. The summed E-state index contributed by atoms with van der Waals surface area (Å²) < 4.78 is 1.84. The molecule has 0 spiro atoms. The summed E-state index contributed by atoms with van der Waals surface area (Å²) in [5.41, 5.74) is 6.63.